The van der Waals surface area contributed by atoms with Gasteiger partial charge in [0.05, 0.1) is 11.4 Å². The normalized spacial score (nSPS) is 15.5. The molecule has 63 heavy (non-hydrogen) atoms. The zero-order valence-electron chi connectivity index (χ0n) is 39.2. The zero-order chi connectivity index (χ0) is 46.4. The number of amides is 5. The Hall–Kier alpha value is -5.87. The van der Waals surface area contributed by atoms with E-state index in [1.165, 1.54) is 4.90 Å². The van der Waals surface area contributed by atoms with E-state index in [0.717, 1.165) is 60.8 Å². The summed E-state index contributed by atoms with van der Waals surface area (Å²) in [4.78, 5) is 79.6. The lowest BCUT2D eigenvalue weighted by Crippen LogP contribution is -2.53. The molecule has 4 N–H and O–H groups in total. The highest BCUT2D eigenvalue weighted by molar-refractivity contribution is 5.99. The minimum absolute atomic E-state index is 0.0965. The summed E-state index contributed by atoms with van der Waals surface area (Å²) in [6, 6.07) is 15.9. The van der Waals surface area contributed by atoms with Crippen LogP contribution in [0.1, 0.15) is 97.1 Å². The van der Waals surface area contributed by atoms with Gasteiger partial charge in [-0.15, -0.1) is 0 Å². The van der Waals surface area contributed by atoms with Crippen LogP contribution < -0.4 is 21.3 Å². The second kappa shape index (κ2) is 20.1. The Morgan fingerprint density at radius 2 is 1.05 bits per heavy atom. The van der Waals surface area contributed by atoms with Crippen LogP contribution in [0.25, 0.3) is 22.8 Å². The Labute approximate surface area is 372 Å². The van der Waals surface area contributed by atoms with Crippen molar-refractivity contribution in [1.82, 2.24) is 55.1 Å². The van der Waals surface area contributed by atoms with Gasteiger partial charge in [0.2, 0.25) is 11.8 Å². The van der Waals surface area contributed by atoms with Gasteiger partial charge in [-0.25, -0.2) is 9.97 Å². The second-order valence-corrected chi connectivity index (χ2v) is 18.9. The molecule has 16 heteroatoms. The molecule has 0 aliphatic carbocycles. The summed E-state index contributed by atoms with van der Waals surface area (Å²) >= 11 is 0. The molecule has 4 heterocycles. The van der Waals surface area contributed by atoms with E-state index in [-0.39, 0.29) is 29.5 Å². The van der Waals surface area contributed by atoms with E-state index in [1.54, 1.807) is 34.3 Å². The molecule has 0 fully saturated rings. The minimum atomic E-state index is -0.713. The van der Waals surface area contributed by atoms with Crippen LogP contribution >= 0.6 is 0 Å². The highest BCUT2D eigenvalue weighted by atomic mass is 16.2. The number of imidazole rings is 2. The summed E-state index contributed by atoms with van der Waals surface area (Å²) in [5.74, 6) is 0.198. The zero-order valence-corrected chi connectivity index (χ0v) is 39.2. The lowest BCUT2D eigenvalue weighted by atomic mass is 9.86. The van der Waals surface area contributed by atoms with Crippen LogP contribution in [0, 0.1) is 10.8 Å². The fourth-order valence-electron chi connectivity index (χ4n) is 7.92. The maximum Gasteiger partial charge on any atom is 0.272 e. The molecule has 4 aromatic rings. The minimum Gasteiger partial charge on any atom is -0.357 e. The third-order valence-corrected chi connectivity index (χ3v) is 11.4. The molecule has 0 unspecified atom stereocenters. The molecule has 2 atom stereocenters. The quantitative estimate of drug-likeness (QED) is 0.192. The van der Waals surface area contributed by atoms with Gasteiger partial charge in [0.15, 0.2) is 11.4 Å². The van der Waals surface area contributed by atoms with Crippen molar-refractivity contribution < 1.29 is 24.0 Å². The molecular weight excluding hydrogens is 799 g/mol. The molecular formula is C47H67N11O5. The molecule has 2 aromatic carbocycles. The number of carbonyl (C=O) groups excluding carboxylic acids is 5. The van der Waals surface area contributed by atoms with Crippen molar-refractivity contribution in [3.05, 3.63) is 82.9 Å². The van der Waals surface area contributed by atoms with E-state index < -0.39 is 22.9 Å². The van der Waals surface area contributed by atoms with Crippen molar-refractivity contribution in [2.45, 2.75) is 92.6 Å². The molecule has 0 saturated carbocycles. The number of hydrogen-bond acceptors (Lipinski definition) is 9. The van der Waals surface area contributed by atoms with Crippen LogP contribution in [0.4, 0.5) is 0 Å². The van der Waals surface area contributed by atoms with E-state index in [2.05, 4.69) is 47.2 Å². The number of benzene rings is 2. The van der Waals surface area contributed by atoms with Crippen molar-refractivity contribution in [3.63, 3.8) is 0 Å². The van der Waals surface area contributed by atoms with Crippen LogP contribution in [-0.4, -0.2) is 131 Å². The summed E-state index contributed by atoms with van der Waals surface area (Å²) in [7, 11) is 10.6. The second-order valence-electron chi connectivity index (χ2n) is 18.9. The molecule has 0 bridgehead atoms. The highest BCUT2D eigenvalue weighted by Crippen LogP contribution is 2.30. The largest absolute Gasteiger partial charge is 0.357 e. The standard InChI is InChI=1S/C25H36N6O3.C22H31N5O2/c1-25(2,3)20(23(33)26-4)28-22(32)19-18-15-30(7)12-9-13-31(18)21(27-19)16-10-8-11-17(14-16)24(34)29(5)6;1-22(2,3)18(21(29)23-4)25-20(28)17-16-14-26(5)12-9-13-27(16)19(24-17)15-10-7-6-8-11-15/h8,10-11,14,20H,9,12-13,15H2,1-7H3,(H,26,33)(H,28,32);6-8,10-11,18H,9,12-14H2,1-5H3,(H,23,29)(H,25,28)/t20-;18-/m11/s1. The Bertz CT molecular complexity index is 2280. The third kappa shape index (κ3) is 11.4. The fraction of sp³-hybridized carbons (Fsp3) is 0.511. The van der Waals surface area contributed by atoms with Gasteiger partial charge in [0.25, 0.3) is 17.7 Å². The lowest BCUT2D eigenvalue weighted by molar-refractivity contribution is -0.125. The number of hydrogen-bond donors (Lipinski definition) is 4. The van der Waals surface area contributed by atoms with Crippen molar-refractivity contribution >= 4 is 29.5 Å². The van der Waals surface area contributed by atoms with Crippen molar-refractivity contribution in [1.29, 1.82) is 0 Å². The summed E-state index contributed by atoms with van der Waals surface area (Å²) < 4.78 is 4.23. The maximum absolute atomic E-state index is 13.5. The van der Waals surface area contributed by atoms with Gasteiger partial charge >= 0.3 is 0 Å². The average Bonchev–Trinajstić information content (AvgIpc) is 3.62. The van der Waals surface area contributed by atoms with Gasteiger partial charge in [0, 0.05) is 71.1 Å². The smallest absolute Gasteiger partial charge is 0.272 e. The van der Waals surface area contributed by atoms with Crippen LogP contribution in [0.3, 0.4) is 0 Å². The average molecular weight is 866 g/mol. The van der Waals surface area contributed by atoms with Gasteiger partial charge in [-0.2, -0.15) is 0 Å². The van der Waals surface area contributed by atoms with Crippen LogP contribution in [0.5, 0.6) is 0 Å². The van der Waals surface area contributed by atoms with Crippen molar-refractivity contribution in [2.75, 3.05) is 55.4 Å². The monoisotopic (exact) mass is 866 g/mol. The number of aromatic nitrogens is 4. The summed E-state index contributed by atoms with van der Waals surface area (Å²) in [5.41, 5.74) is 3.82. The van der Waals surface area contributed by atoms with Gasteiger partial charge in [-0.3, -0.25) is 24.0 Å². The van der Waals surface area contributed by atoms with Gasteiger partial charge in [-0.1, -0.05) is 84.0 Å². The summed E-state index contributed by atoms with van der Waals surface area (Å²) in [6.45, 7) is 16.1. The number of fused-ring (bicyclic) bond motifs is 2. The highest BCUT2D eigenvalue weighted by Gasteiger charge is 2.36. The van der Waals surface area contributed by atoms with Crippen LogP contribution in [0.15, 0.2) is 54.6 Å². The molecule has 16 nitrogen and oxygen atoms in total. The number of likely N-dealkylation sites (N-methyl/N-ethyl adjacent to an activating group) is 2. The first kappa shape index (κ1) is 48.2. The topological polar surface area (TPSA) is 179 Å². The first-order valence-corrected chi connectivity index (χ1v) is 21.6. The summed E-state index contributed by atoms with van der Waals surface area (Å²) in [5, 5.41) is 11.1. The molecule has 5 amide bonds. The molecule has 0 radical (unpaired) electrons. The number of carbonyl (C=O) groups is 5. The molecule has 0 saturated heterocycles. The Kier molecular flexibility index (Phi) is 15.4. The lowest BCUT2D eigenvalue weighted by Gasteiger charge is -2.29. The van der Waals surface area contributed by atoms with Gasteiger partial charge < -0.3 is 45.1 Å². The number of nitrogens with one attached hydrogen (secondary N) is 4. The van der Waals surface area contributed by atoms with Crippen molar-refractivity contribution in [3.8, 4) is 22.8 Å². The molecule has 2 aliphatic heterocycles. The summed E-state index contributed by atoms with van der Waals surface area (Å²) in [6.07, 6.45) is 1.90. The van der Waals surface area contributed by atoms with Gasteiger partial charge in [0.1, 0.15) is 23.7 Å². The Balaban J connectivity index is 0.000000240. The van der Waals surface area contributed by atoms with Crippen LogP contribution in [0.2, 0.25) is 0 Å². The van der Waals surface area contributed by atoms with Crippen molar-refractivity contribution in [2.24, 2.45) is 10.8 Å². The molecule has 2 aliphatic rings. The SMILES string of the molecule is CNC(=O)[C@@H](NC(=O)c1nc(-c2cccc(C(=O)N(C)C)c2)n2c1CN(C)CCC2)C(C)(C)C.CNC(=O)[C@@H](NC(=O)c1nc(-c2ccccc2)n2c1CN(C)CCC2)C(C)(C)C. The molecule has 340 valence electrons. The van der Waals surface area contributed by atoms with E-state index >= 15 is 0 Å². The first-order chi connectivity index (χ1) is 29.7. The predicted octanol–water partition coefficient (Wildman–Crippen LogP) is 4.25. The molecule has 2 aromatic heterocycles. The van der Waals surface area contributed by atoms with E-state index in [0.29, 0.717) is 42.4 Å². The number of nitrogens with zero attached hydrogens (tertiary/aromatic N) is 7. The molecule has 6 rings (SSSR count). The van der Waals surface area contributed by atoms with E-state index in [1.807, 2.05) is 97.1 Å². The van der Waals surface area contributed by atoms with Crippen LogP contribution in [-0.2, 0) is 35.8 Å². The third-order valence-electron chi connectivity index (χ3n) is 11.4. The first-order valence-electron chi connectivity index (χ1n) is 21.6. The molecule has 0 spiro atoms. The Morgan fingerprint density at radius 1 is 0.619 bits per heavy atom. The Morgan fingerprint density at radius 3 is 1.46 bits per heavy atom. The van der Waals surface area contributed by atoms with E-state index in [9.17, 15) is 24.0 Å². The van der Waals surface area contributed by atoms with E-state index in [4.69, 9.17) is 9.97 Å². The predicted molar refractivity (Wildman–Crippen MR) is 245 cm³/mol. The maximum atomic E-state index is 13.5. The fourth-order valence-corrected chi connectivity index (χ4v) is 7.92. The number of rotatable bonds is 9. The van der Waals surface area contributed by atoms with Gasteiger partial charge in [-0.05, 0) is 63.0 Å².